The summed E-state index contributed by atoms with van der Waals surface area (Å²) in [6.07, 6.45) is 4.90. The van der Waals surface area contributed by atoms with Crippen LogP contribution in [0.25, 0.3) is 0 Å². The number of nitrogens with zero attached hydrogens (tertiary/aromatic N) is 1. The Hall–Kier alpha value is -1.44. The molecule has 130 valence electrons. The van der Waals surface area contributed by atoms with Crippen LogP contribution in [0.15, 0.2) is 29.2 Å². The van der Waals surface area contributed by atoms with Crippen LogP contribution in [0.3, 0.4) is 0 Å². The summed E-state index contributed by atoms with van der Waals surface area (Å²) in [5, 5.41) is 3.39. The molecule has 2 N–H and O–H groups in total. The fourth-order valence-corrected chi connectivity index (χ4v) is 5.03. The van der Waals surface area contributed by atoms with Crippen LogP contribution < -0.4 is 10.0 Å². The van der Waals surface area contributed by atoms with E-state index in [4.69, 9.17) is 0 Å². The summed E-state index contributed by atoms with van der Waals surface area (Å²) in [6.45, 7) is 1.80. The Morgan fingerprint density at radius 1 is 1.04 bits per heavy atom. The molecule has 3 fully saturated rings. The maximum atomic E-state index is 12.9. The molecule has 6 nitrogen and oxygen atoms in total. The topological polar surface area (TPSA) is 78.5 Å². The van der Waals surface area contributed by atoms with E-state index in [1.165, 1.54) is 12.1 Å². The van der Waals surface area contributed by atoms with Gasteiger partial charge in [-0.2, -0.15) is 0 Å². The average Bonchev–Trinajstić information content (AvgIpc) is 3.29. The summed E-state index contributed by atoms with van der Waals surface area (Å²) in [5.41, 5.74) is 0.569. The zero-order valence-electron chi connectivity index (χ0n) is 13.6. The van der Waals surface area contributed by atoms with Gasteiger partial charge in [-0.15, -0.1) is 0 Å². The van der Waals surface area contributed by atoms with Gasteiger partial charge in [0.25, 0.3) is 5.91 Å². The third-order valence-corrected chi connectivity index (χ3v) is 6.74. The fraction of sp³-hybridized carbons (Fsp3) is 0.588. The minimum atomic E-state index is -3.46. The third-order valence-electron chi connectivity index (χ3n) is 5.20. The van der Waals surface area contributed by atoms with Crippen molar-refractivity contribution in [1.29, 1.82) is 0 Å². The number of nitrogens with one attached hydrogen (secondary N) is 2. The number of sulfonamides is 1. The molecular formula is C17H23N3O3S. The molecule has 0 radical (unpaired) electrons. The standard InChI is InChI=1S/C17H23N3O3S/c21-17(20-14-5-6-15(20)11-18-10-9-14)12-1-7-16(8-2-12)24(22,23)19-13-3-4-13/h1-2,7-8,13-15,18-19H,3-6,9-11H2. The van der Waals surface area contributed by atoms with Crippen molar-refractivity contribution in [2.24, 2.45) is 0 Å². The van der Waals surface area contributed by atoms with Crippen molar-refractivity contribution in [3.63, 3.8) is 0 Å². The second-order valence-corrected chi connectivity index (χ2v) is 8.72. The van der Waals surface area contributed by atoms with Gasteiger partial charge in [0, 0.05) is 30.2 Å². The van der Waals surface area contributed by atoms with E-state index in [-0.39, 0.29) is 22.9 Å². The summed E-state index contributed by atoms with van der Waals surface area (Å²) >= 11 is 0. The molecule has 2 unspecified atom stereocenters. The van der Waals surface area contributed by atoms with Crippen LogP contribution >= 0.6 is 0 Å². The van der Waals surface area contributed by atoms with Crippen molar-refractivity contribution < 1.29 is 13.2 Å². The predicted molar refractivity (Wildman–Crippen MR) is 90.3 cm³/mol. The molecule has 2 aliphatic heterocycles. The molecule has 3 aliphatic rings. The summed E-state index contributed by atoms with van der Waals surface area (Å²) in [6, 6.07) is 6.99. The van der Waals surface area contributed by atoms with E-state index in [0.717, 1.165) is 45.2 Å². The Kier molecular flexibility index (Phi) is 4.10. The van der Waals surface area contributed by atoms with Crippen LogP contribution in [-0.2, 0) is 10.0 Å². The van der Waals surface area contributed by atoms with E-state index < -0.39 is 10.0 Å². The fourth-order valence-electron chi connectivity index (χ4n) is 3.73. The Labute approximate surface area is 142 Å². The van der Waals surface area contributed by atoms with Crippen LogP contribution in [0, 0.1) is 0 Å². The van der Waals surface area contributed by atoms with Gasteiger partial charge >= 0.3 is 0 Å². The van der Waals surface area contributed by atoms with E-state index in [1.54, 1.807) is 12.1 Å². The molecule has 1 amide bonds. The highest BCUT2D eigenvalue weighted by Crippen LogP contribution is 2.30. The summed E-state index contributed by atoms with van der Waals surface area (Å²) in [4.78, 5) is 15.1. The highest BCUT2D eigenvalue weighted by Gasteiger charge is 2.38. The van der Waals surface area contributed by atoms with Gasteiger partial charge < -0.3 is 10.2 Å². The Morgan fingerprint density at radius 2 is 1.75 bits per heavy atom. The van der Waals surface area contributed by atoms with Gasteiger partial charge in [0.1, 0.15) is 0 Å². The minimum Gasteiger partial charge on any atom is -0.331 e. The molecule has 2 atom stereocenters. The van der Waals surface area contributed by atoms with Crippen molar-refractivity contribution in [2.75, 3.05) is 13.1 Å². The largest absolute Gasteiger partial charge is 0.331 e. The summed E-state index contributed by atoms with van der Waals surface area (Å²) < 4.78 is 27.1. The van der Waals surface area contributed by atoms with Gasteiger partial charge in [-0.05, 0) is 62.9 Å². The maximum absolute atomic E-state index is 12.9. The predicted octanol–water partition coefficient (Wildman–Crippen LogP) is 1.09. The van der Waals surface area contributed by atoms with Crippen LogP contribution in [0.4, 0.5) is 0 Å². The third kappa shape index (κ3) is 3.08. The zero-order valence-corrected chi connectivity index (χ0v) is 14.4. The van der Waals surface area contributed by atoms with Gasteiger partial charge in [0.15, 0.2) is 0 Å². The Balaban J connectivity index is 1.53. The summed E-state index contributed by atoms with van der Waals surface area (Å²) in [5.74, 6) is 0.0188. The minimum absolute atomic E-state index is 0.0188. The van der Waals surface area contributed by atoms with E-state index in [1.807, 2.05) is 4.90 Å². The van der Waals surface area contributed by atoms with E-state index in [9.17, 15) is 13.2 Å². The molecule has 2 heterocycles. The van der Waals surface area contributed by atoms with Crippen LogP contribution in [0.1, 0.15) is 42.5 Å². The molecule has 1 aromatic carbocycles. The zero-order chi connectivity index (χ0) is 16.7. The first kappa shape index (κ1) is 16.1. The lowest BCUT2D eigenvalue weighted by atomic mass is 10.1. The van der Waals surface area contributed by atoms with Crippen LogP contribution in [0.5, 0.6) is 0 Å². The first-order valence-corrected chi connectivity index (χ1v) is 10.2. The molecule has 7 heteroatoms. The van der Waals surface area contributed by atoms with E-state index in [2.05, 4.69) is 10.0 Å². The summed E-state index contributed by atoms with van der Waals surface area (Å²) in [7, 11) is -3.46. The highest BCUT2D eigenvalue weighted by atomic mass is 32.2. The Bertz CT molecular complexity index is 714. The smallest absolute Gasteiger partial charge is 0.254 e. The van der Waals surface area contributed by atoms with E-state index >= 15 is 0 Å². The lowest BCUT2D eigenvalue weighted by molar-refractivity contribution is 0.0680. The van der Waals surface area contributed by atoms with Gasteiger partial charge in [0.2, 0.25) is 10.0 Å². The number of amides is 1. The van der Waals surface area contributed by atoms with Gasteiger partial charge in [-0.1, -0.05) is 0 Å². The SMILES string of the molecule is O=C(c1ccc(S(=O)(=O)NC2CC2)cc1)N1C2CCNCC1CC2. The number of benzene rings is 1. The van der Waals surface area contributed by atoms with Gasteiger partial charge in [0.05, 0.1) is 4.90 Å². The lowest BCUT2D eigenvalue weighted by Crippen LogP contribution is -2.42. The number of carbonyl (C=O) groups is 1. The van der Waals surface area contributed by atoms with Crippen molar-refractivity contribution >= 4 is 15.9 Å². The second-order valence-electron chi connectivity index (χ2n) is 7.01. The molecule has 2 bridgehead atoms. The second kappa shape index (κ2) is 6.13. The van der Waals surface area contributed by atoms with Crippen molar-refractivity contribution in [1.82, 2.24) is 14.9 Å². The maximum Gasteiger partial charge on any atom is 0.254 e. The van der Waals surface area contributed by atoms with E-state index in [0.29, 0.717) is 11.6 Å². The number of rotatable bonds is 4. The number of carbonyl (C=O) groups excluding carboxylic acids is 1. The number of hydrogen-bond donors (Lipinski definition) is 2. The Morgan fingerprint density at radius 3 is 2.46 bits per heavy atom. The van der Waals surface area contributed by atoms with Crippen LogP contribution in [0.2, 0.25) is 0 Å². The van der Waals surface area contributed by atoms with Crippen LogP contribution in [-0.4, -0.2) is 50.4 Å². The molecule has 1 aliphatic carbocycles. The van der Waals surface area contributed by atoms with Crippen molar-refractivity contribution in [3.8, 4) is 0 Å². The van der Waals surface area contributed by atoms with Crippen molar-refractivity contribution in [3.05, 3.63) is 29.8 Å². The first-order chi connectivity index (χ1) is 11.5. The normalized spacial score (nSPS) is 27.1. The van der Waals surface area contributed by atoms with Crippen molar-refractivity contribution in [2.45, 2.75) is 55.1 Å². The molecule has 4 rings (SSSR count). The molecule has 1 saturated carbocycles. The highest BCUT2D eigenvalue weighted by molar-refractivity contribution is 7.89. The average molecular weight is 349 g/mol. The molecule has 0 spiro atoms. The molecule has 0 aromatic heterocycles. The molecular weight excluding hydrogens is 326 g/mol. The monoisotopic (exact) mass is 349 g/mol. The molecule has 2 saturated heterocycles. The number of hydrogen-bond acceptors (Lipinski definition) is 4. The first-order valence-electron chi connectivity index (χ1n) is 8.70. The van der Waals surface area contributed by atoms with Gasteiger partial charge in [-0.25, -0.2) is 13.1 Å². The molecule has 24 heavy (non-hydrogen) atoms. The lowest BCUT2D eigenvalue weighted by Gasteiger charge is -2.28. The number of fused-ring (bicyclic) bond motifs is 2. The quantitative estimate of drug-likeness (QED) is 0.853. The van der Waals surface area contributed by atoms with Gasteiger partial charge in [-0.3, -0.25) is 4.79 Å². The molecule has 1 aromatic rings.